The lowest BCUT2D eigenvalue weighted by atomic mass is 10.1. The smallest absolute Gasteiger partial charge is 0.128 e. The van der Waals surface area contributed by atoms with Crippen molar-refractivity contribution in [2.24, 2.45) is 0 Å². The molecule has 1 aromatic carbocycles. The van der Waals surface area contributed by atoms with Gasteiger partial charge in [0.15, 0.2) is 0 Å². The van der Waals surface area contributed by atoms with Crippen LogP contribution in [-0.2, 0) is 6.54 Å². The van der Waals surface area contributed by atoms with Gasteiger partial charge >= 0.3 is 0 Å². The highest BCUT2D eigenvalue weighted by atomic mass is 35.5. The SMILES string of the molecule is COc1c(C)cnc(CNc2cc(Cl)c(Cl)cc2Cl)c1C. The van der Waals surface area contributed by atoms with Gasteiger partial charge in [0.25, 0.3) is 0 Å². The van der Waals surface area contributed by atoms with E-state index in [-0.39, 0.29) is 0 Å². The molecule has 0 amide bonds. The first kappa shape index (κ1) is 16.2. The number of halogens is 3. The van der Waals surface area contributed by atoms with Crippen LogP contribution in [0.4, 0.5) is 5.69 Å². The molecule has 2 aromatic rings. The minimum atomic E-state index is 0.429. The van der Waals surface area contributed by atoms with Gasteiger partial charge in [0.2, 0.25) is 0 Å². The zero-order valence-electron chi connectivity index (χ0n) is 11.9. The molecule has 0 unspecified atom stereocenters. The van der Waals surface area contributed by atoms with Crippen molar-refractivity contribution in [2.45, 2.75) is 20.4 Å². The van der Waals surface area contributed by atoms with Crippen LogP contribution in [0.3, 0.4) is 0 Å². The summed E-state index contributed by atoms with van der Waals surface area (Å²) >= 11 is 18.1. The fraction of sp³-hybridized carbons (Fsp3) is 0.267. The topological polar surface area (TPSA) is 34.1 Å². The molecule has 0 fully saturated rings. The number of aryl methyl sites for hydroxylation is 1. The number of anilines is 1. The predicted molar refractivity (Wildman–Crippen MR) is 89.1 cm³/mol. The van der Waals surface area contributed by atoms with Crippen molar-refractivity contribution in [3.8, 4) is 5.75 Å². The molecule has 0 bridgehead atoms. The number of nitrogens with zero attached hydrogens (tertiary/aromatic N) is 1. The van der Waals surface area contributed by atoms with Crippen molar-refractivity contribution in [2.75, 3.05) is 12.4 Å². The van der Waals surface area contributed by atoms with Crippen LogP contribution in [0.2, 0.25) is 15.1 Å². The molecule has 0 radical (unpaired) electrons. The number of hydrogen-bond donors (Lipinski definition) is 1. The highest BCUT2D eigenvalue weighted by Crippen LogP contribution is 2.33. The van der Waals surface area contributed by atoms with E-state index >= 15 is 0 Å². The van der Waals surface area contributed by atoms with Gasteiger partial charge in [-0.05, 0) is 26.0 Å². The van der Waals surface area contributed by atoms with Gasteiger partial charge in [-0.3, -0.25) is 4.98 Å². The minimum Gasteiger partial charge on any atom is -0.496 e. The maximum atomic E-state index is 6.14. The van der Waals surface area contributed by atoms with Gasteiger partial charge in [-0.1, -0.05) is 34.8 Å². The third kappa shape index (κ3) is 3.54. The van der Waals surface area contributed by atoms with E-state index < -0.39 is 0 Å². The Kier molecular flexibility index (Phi) is 5.20. The van der Waals surface area contributed by atoms with Crippen LogP contribution >= 0.6 is 34.8 Å². The molecule has 6 heteroatoms. The van der Waals surface area contributed by atoms with E-state index in [0.717, 1.165) is 22.6 Å². The maximum Gasteiger partial charge on any atom is 0.128 e. The highest BCUT2D eigenvalue weighted by Gasteiger charge is 2.11. The lowest BCUT2D eigenvalue weighted by Gasteiger charge is -2.14. The molecule has 1 aromatic heterocycles. The second-order valence-electron chi connectivity index (χ2n) is 4.65. The Labute approximate surface area is 139 Å². The Bertz CT molecular complexity index is 674. The first-order valence-electron chi connectivity index (χ1n) is 6.31. The van der Waals surface area contributed by atoms with E-state index in [1.807, 2.05) is 13.8 Å². The van der Waals surface area contributed by atoms with Crippen LogP contribution in [0.15, 0.2) is 18.3 Å². The third-order valence-corrected chi connectivity index (χ3v) is 4.24. The Hall–Kier alpha value is -1.16. The third-order valence-electron chi connectivity index (χ3n) is 3.21. The molecular formula is C15H15Cl3N2O. The lowest BCUT2D eigenvalue weighted by Crippen LogP contribution is -2.06. The molecule has 21 heavy (non-hydrogen) atoms. The van der Waals surface area contributed by atoms with Crippen LogP contribution in [0.25, 0.3) is 0 Å². The molecule has 3 nitrogen and oxygen atoms in total. The van der Waals surface area contributed by atoms with Crippen molar-refractivity contribution in [3.63, 3.8) is 0 Å². The average molecular weight is 346 g/mol. The zero-order chi connectivity index (χ0) is 15.6. The van der Waals surface area contributed by atoms with Gasteiger partial charge in [-0.25, -0.2) is 0 Å². The Morgan fingerprint density at radius 3 is 2.43 bits per heavy atom. The molecule has 1 N–H and O–H groups in total. The lowest BCUT2D eigenvalue weighted by molar-refractivity contribution is 0.407. The molecule has 0 aliphatic heterocycles. The molecule has 0 spiro atoms. The van der Waals surface area contributed by atoms with Crippen LogP contribution in [0.5, 0.6) is 5.75 Å². The zero-order valence-corrected chi connectivity index (χ0v) is 14.2. The van der Waals surface area contributed by atoms with Crippen molar-refractivity contribution < 1.29 is 4.74 Å². The average Bonchev–Trinajstić information content (AvgIpc) is 2.43. The number of aromatic nitrogens is 1. The van der Waals surface area contributed by atoms with Crippen molar-refractivity contribution in [3.05, 3.63) is 50.2 Å². The van der Waals surface area contributed by atoms with E-state index in [1.54, 1.807) is 25.4 Å². The fourth-order valence-electron chi connectivity index (χ4n) is 2.09. The van der Waals surface area contributed by atoms with E-state index in [0.29, 0.717) is 27.3 Å². The van der Waals surface area contributed by atoms with Gasteiger partial charge in [0, 0.05) is 17.3 Å². The van der Waals surface area contributed by atoms with Crippen molar-refractivity contribution in [1.82, 2.24) is 4.98 Å². The summed E-state index contributed by atoms with van der Waals surface area (Å²) in [5, 5.41) is 4.61. The van der Waals surface area contributed by atoms with Crippen LogP contribution in [0, 0.1) is 13.8 Å². The van der Waals surface area contributed by atoms with Crippen LogP contribution in [-0.4, -0.2) is 12.1 Å². The minimum absolute atomic E-state index is 0.429. The second-order valence-corrected chi connectivity index (χ2v) is 5.87. The highest BCUT2D eigenvalue weighted by molar-refractivity contribution is 6.44. The Balaban J connectivity index is 2.23. The Morgan fingerprint density at radius 2 is 1.76 bits per heavy atom. The van der Waals surface area contributed by atoms with E-state index in [9.17, 15) is 0 Å². The molecule has 0 aliphatic carbocycles. The number of hydrogen-bond acceptors (Lipinski definition) is 3. The first-order chi connectivity index (χ1) is 9.93. The van der Waals surface area contributed by atoms with E-state index in [2.05, 4.69) is 10.3 Å². The summed E-state index contributed by atoms with van der Waals surface area (Å²) in [4.78, 5) is 4.43. The number of rotatable bonds is 4. The van der Waals surface area contributed by atoms with Crippen LogP contribution in [0.1, 0.15) is 16.8 Å². The van der Waals surface area contributed by atoms with Gasteiger partial charge in [0.05, 0.1) is 40.1 Å². The summed E-state index contributed by atoms with van der Waals surface area (Å²) in [5.41, 5.74) is 3.61. The van der Waals surface area contributed by atoms with E-state index in [1.165, 1.54) is 0 Å². The number of nitrogens with one attached hydrogen (secondary N) is 1. The van der Waals surface area contributed by atoms with Crippen molar-refractivity contribution >= 4 is 40.5 Å². The second kappa shape index (κ2) is 6.73. The monoisotopic (exact) mass is 344 g/mol. The molecule has 2 rings (SSSR count). The summed E-state index contributed by atoms with van der Waals surface area (Å²) in [6, 6.07) is 3.32. The fourth-order valence-corrected chi connectivity index (χ4v) is 2.70. The molecule has 0 aliphatic rings. The van der Waals surface area contributed by atoms with Crippen LogP contribution < -0.4 is 10.1 Å². The standard InChI is InChI=1S/C15H15Cl3N2O/c1-8-6-19-14(9(2)15(8)21-3)7-20-13-5-11(17)10(16)4-12(13)18/h4-6,20H,7H2,1-3H3. The summed E-state index contributed by atoms with van der Waals surface area (Å²) in [6.07, 6.45) is 1.79. The molecule has 1 heterocycles. The molecule has 0 saturated carbocycles. The quantitative estimate of drug-likeness (QED) is 0.766. The van der Waals surface area contributed by atoms with E-state index in [4.69, 9.17) is 39.5 Å². The van der Waals surface area contributed by atoms with Crippen molar-refractivity contribution in [1.29, 1.82) is 0 Å². The molecular weight excluding hydrogens is 331 g/mol. The molecule has 112 valence electrons. The van der Waals surface area contributed by atoms with Gasteiger partial charge in [-0.15, -0.1) is 0 Å². The normalized spacial score (nSPS) is 10.6. The number of methoxy groups -OCH3 is 1. The molecule has 0 atom stereocenters. The summed E-state index contributed by atoms with van der Waals surface area (Å²) in [6.45, 7) is 4.46. The van der Waals surface area contributed by atoms with Gasteiger partial charge in [0.1, 0.15) is 5.75 Å². The van der Waals surface area contributed by atoms with Gasteiger partial charge < -0.3 is 10.1 Å². The number of pyridine rings is 1. The maximum absolute atomic E-state index is 6.14. The first-order valence-corrected chi connectivity index (χ1v) is 7.45. The van der Waals surface area contributed by atoms with Gasteiger partial charge in [-0.2, -0.15) is 0 Å². The largest absolute Gasteiger partial charge is 0.496 e. The summed E-state index contributed by atoms with van der Waals surface area (Å²) in [7, 11) is 1.66. The number of benzene rings is 1. The number of ether oxygens (including phenoxy) is 1. The summed E-state index contributed by atoms with van der Waals surface area (Å²) in [5.74, 6) is 0.849. The summed E-state index contributed by atoms with van der Waals surface area (Å²) < 4.78 is 5.39. The predicted octanol–water partition coefficient (Wildman–Crippen LogP) is 5.28. The Morgan fingerprint density at radius 1 is 1.10 bits per heavy atom. The molecule has 0 saturated heterocycles.